The van der Waals surface area contributed by atoms with E-state index in [0.29, 0.717) is 6.61 Å². The molecular weight excluding hydrogens is 226 g/mol. The van der Waals surface area contributed by atoms with Gasteiger partial charge in [0.25, 0.3) is 0 Å². The van der Waals surface area contributed by atoms with Crippen LogP contribution in [0.2, 0.25) is 0 Å². The maximum Gasteiger partial charge on any atom is 0.129 e. The minimum atomic E-state index is -0.467. The molecule has 0 aliphatic rings. The molecule has 0 saturated heterocycles. The number of fused-ring (bicyclic) bond motifs is 3. The average molecular weight is 241 g/mol. The highest BCUT2D eigenvalue weighted by atomic mass is 16.5. The lowest BCUT2D eigenvalue weighted by Crippen LogP contribution is -2.12. The SMILES string of the molecule is C[C@@H](O)COc1cccc2[nH]c3ccccc3c12. The maximum absolute atomic E-state index is 9.32. The number of nitrogens with one attached hydrogen (secondary N) is 1. The lowest BCUT2D eigenvalue weighted by Gasteiger charge is -2.09. The second-order valence-electron chi connectivity index (χ2n) is 4.51. The van der Waals surface area contributed by atoms with E-state index in [-0.39, 0.29) is 0 Å². The van der Waals surface area contributed by atoms with Gasteiger partial charge < -0.3 is 14.8 Å². The Morgan fingerprint density at radius 2 is 1.89 bits per heavy atom. The summed E-state index contributed by atoms with van der Waals surface area (Å²) in [5, 5.41) is 11.5. The lowest BCUT2D eigenvalue weighted by molar-refractivity contribution is 0.123. The van der Waals surface area contributed by atoms with Crippen LogP contribution in [0.15, 0.2) is 42.5 Å². The number of rotatable bonds is 3. The van der Waals surface area contributed by atoms with E-state index in [2.05, 4.69) is 11.1 Å². The molecule has 0 fully saturated rings. The number of para-hydroxylation sites is 1. The second-order valence-corrected chi connectivity index (χ2v) is 4.51. The highest BCUT2D eigenvalue weighted by Crippen LogP contribution is 2.32. The quantitative estimate of drug-likeness (QED) is 0.740. The van der Waals surface area contributed by atoms with Crippen LogP contribution in [0.4, 0.5) is 0 Å². The van der Waals surface area contributed by atoms with Gasteiger partial charge in [-0.3, -0.25) is 0 Å². The van der Waals surface area contributed by atoms with Crippen LogP contribution in [0.25, 0.3) is 21.8 Å². The Hall–Kier alpha value is -2.00. The van der Waals surface area contributed by atoms with Crippen LogP contribution in [-0.2, 0) is 0 Å². The number of hydrogen-bond donors (Lipinski definition) is 2. The highest BCUT2D eigenvalue weighted by Gasteiger charge is 2.09. The number of H-pyrrole nitrogens is 1. The molecule has 3 heteroatoms. The van der Waals surface area contributed by atoms with Gasteiger partial charge in [0.15, 0.2) is 0 Å². The van der Waals surface area contributed by atoms with Crippen molar-refractivity contribution in [2.24, 2.45) is 0 Å². The summed E-state index contributed by atoms with van der Waals surface area (Å²) in [7, 11) is 0. The lowest BCUT2D eigenvalue weighted by atomic mass is 10.1. The van der Waals surface area contributed by atoms with Gasteiger partial charge >= 0.3 is 0 Å². The molecule has 0 saturated carbocycles. The molecule has 0 spiro atoms. The average Bonchev–Trinajstić information content (AvgIpc) is 2.75. The fourth-order valence-corrected chi connectivity index (χ4v) is 2.20. The van der Waals surface area contributed by atoms with E-state index in [0.717, 1.165) is 27.6 Å². The number of aromatic nitrogens is 1. The number of aromatic amines is 1. The summed E-state index contributed by atoms with van der Waals surface area (Å²) >= 11 is 0. The van der Waals surface area contributed by atoms with Crippen molar-refractivity contribution in [3.8, 4) is 5.75 Å². The highest BCUT2D eigenvalue weighted by molar-refractivity contribution is 6.10. The molecular formula is C15H15NO2. The molecule has 3 aromatic rings. The Morgan fingerprint density at radius 3 is 2.72 bits per heavy atom. The summed E-state index contributed by atoms with van der Waals surface area (Å²) in [4.78, 5) is 3.36. The van der Waals surface area contributed by atoms with Crippen LogP contribution in [0.1, 0.15) is 6.92 Å². The summed E-state index contributed by atoms with van der Waals surface area (Å²) in [6.07, 6.45) is -0.467. The van der Waals surface area contributed by atoms with Gasteiger partial charge in [0.2, 0.25) is 0 Å². The van der Waals surface area contributed by atoms with Crippen molar-refractivity contribution >= 4 is 21.8 Å². The molecule has 18 heavy (non-hydrogen) atoms. The van der Waals surface area contributed by atoms with Gasteiger partial charge in [-0.05, 0) is 25.1 Å². The number of hydrogen-bond acceptors (Lipinski definition) is 2. The fourth-order valence-electron chi connectivity index (χ4n) is 2.20. The van der Waals surface area contributed by atoms with Crippen molar-refractivity contribution in [1.82, 2.24) is 4.98 Å². The number of ether oxygens (including phenoxy) is 1. The van der Waals surface area contributed by atoms with Crippen LogP contribution in [0.3, 0.4) is 0 Å². The first-order valence-corrected chi connectivity index (χ1v) is 6.06. The zero-order valence-corrected chi connectivity index (χ0v) is 10.2. The molecule has 1 heterocycles. The third-order valence-corrected chi connectivity index (χ3v) is 2.97. The molecule has 3 nitrogen and oxygen atoms in total. The van der Waals surface area contributed by atoms with Crippen molar-refractivity contribution in [1.29, 1.82) is 0 Å². The molecule has 0 aliphatic heterocycles. The largest absolute Gasteiger partial charge is 0.490 e. The van der Waals surface area contributed by atoms with Crippen LogP contribution in [0.5, 0.6) is 5.75 Å². The van der Waals surface area contributed by atoms with E-state index in [1.54, 1.807) is 6.92 Å². The maximum atomic E-state index is 9.32. The number of benzene rings is 2. The summed E-state index contributed by atoms with van der Waals surface area (Å²) in [5.41, 5.74) is 2.15. The Labute approximate surface area is 105 Å². The van der Waals surface area contributed by atoms with Crippen molar-refractivity contribution in [2.45, 2.75) is 13.0 Å². The van der Waals surface area contributed by atoms with Gasteiger partial charge in [0, 0.05) is 16.3 Å². The zero-order valence-electron chi connectivity index (χ0n) is 10.2. The first-order valence-electron chi connectivity index (χ1n) is 6.06. The number of aliphatic hydroxyl groups excluding tert-OH is 1. The zero-order chi connectivity index (χ0) is 12.5. The molecule has 2 N–H and O–H groups in total. The van der Waals surface area contributed by atoms with Gasteiger partial charge in [-0.15, -0.1) is 0 Å². The summed E-state index contributed by atoms with van der Waals surface area (Å²) in [5.74, 6) is 0.811. The first-order chi connectivity index (χ1) is 8.75. The number of aliphatic hydroxyl groups is 1. The van der Waals surface area contributed by atoms with E-state index < -0.39 is 6.10 Å². The Bertz CT molecular complexity index is 685. The smallest absolute Gasteiger partial charge is 0.129 e. The van der Waals surface area contributed by atoms with Gasteiger partial charge in [-0.1, -0.05) is 24.3 Å². The molecule has 2 aromatic carbocycles. The monoisotopic (exact) mass is 241 g/mol. The van der Waals surface area contributed by atoms with Crippen LogP contribution < -0.4 is 4.74 Å². The van der Waals surface area contributed by atoms with Crippen LogP contribution >= 0.6 is 0 Å². The summed E-state index contributed by atoms with van der Waals surface area (Å²) in [6, 6.07) is 14.1. The van der Waals surface area contributed by atoms with Crippen LogP contribution in [0, 0.1) is 0 Å². The summed E-state index contributed by atoms with van der Waals surface area (Å²) < 4.78 is 5.68. The molecule has 0 bridgehead atoms. The Morgan fingerprint density at radius 1 is 1.11 bits per heavy atom. The third kappa shape index (κ3) is 1.83. The van der Waals surface area contributed by atoms with Gasteiger partial charge in [-0.25, -0.2) is 0 Å². The van der Waals surface area contributed by atoms with E-state index in [1.165, 1.54) is 0 Å². The van der Waals surface area contributed by atoms with E-state index in [9.17, 15) is 5.11 Å². The van der Waals surface area contributed by atoms with E-state index >= 15 is 0 Å². The van der Waals surface area contributed by atoms with Gasteiger partial charge in [0.1, 0.15) is 12.4 Å². The van der Waals surface area contributed by atoms with Crippen molar-refractivity contribution < 1.29 is 9.84 Å². The molecule has 0 amide bonds. The molecule has 1 aromatic heterocycles. The van der Waals surface area contributed by atoms with E-state index in [1.807, 2.05) is 36.4 Å². The van der Waals surface area contributed by atoms with Crippen molar-refractivity contribution in [3.63, 3.8) is 0 Å². The van der Waals surface area contributed by atoms with Gasteiger partial charge in [-0.2, -0.15) is 0 Å². The minimum absolute atomic E-state index is 0.304. The van der Waals surface area contributed by atoms with Crippen molar-refractivity contribution in [3.05, 3.63) is 42.5 Å². The van der Waals surface area contributed by atoms with Gasteiger partial charge in [0.05, 0.1) is 11.6 Å². The fraction of sp³-hybridized carbons (Fsp3) is 0.200. The summed E-state index contributed by atoms with van der Waals surface area (Å²) in [6.45, 7) is 2.02. The standard InChI is InChI=1S/C15H15NO2/c1-10(17)9-18-14-8-4-7-13-15(14)11-5-2-3-6-12(11)16-13/h2-8,10,16-17H,9H2,1H3/t10-/m1/s1. The molecule has 0 radical (unpaired) electrons. The normalized spacial score (nSPS) is 13.0. The first kappa shape index (κ1) is 11.1. The predicted molar refractivity (Wildman–Crippen MR) is 73.0 cm³/mol. The van der Waals surface area contributed by atoms with Crippen molar-refractivity contribution in [2.75, 3.05) is 6.61 Å². The molecule has 92 valence electrons. The minimum Gasteiger partial charge on any atom is -0.490 e. The Balaban J connectivity index is 2.18. The van der Waals surface area contributed by atoms with E-state index in [4.69, 9.17) is 4.74 Å². The molecule has 1 atom stereocenters. The second kappa shape index (κ2) is 4.35. The third-order valence-electron chi connectivity index (χ3n) is 2.97. The molecule has 3 rings (SSSR count). The Kier molecular flexibility index (Phi) is 2.68. The molecule has 0 unspecified atom stereocenters. The molecule has 0 aliphatic carbocycles. The van der Waals surface area contributed by atoms with Crippen LogP contribution in [-0.4, -0.2) is 22.8 Å². The predicted octanol–water partition coefficient (Wildman–Crippen LogP) is 3.08. The topological polar surface area (TPSA) is 45.2 Å².